The summed E-state index contributed by atoms with van der Waals surface area (Å²) in [7, 11) is 0. The first kappa shape index (κ1) is 16.4. The third-order valence-corrected chi connectivity index (χ3v) is 4.57. The molecule has 1 saturated carbocycles. The van der Waals surface area contributed by atoms with Gasteiger partial charge in [-0.15, -0.1) is 0 Å². The van der Waals surface area contributed by atoms with Gasteiger partial charge in [0.15, 0.2) is 0 Å². The lowest BCUT2D eigenvalue weighted by atomic mass is 9.83. The molecule has 1 aromatic rings. The molecule has 0 aliphatic heterocycles. The Hall–Kier alpha value is -0.930. The van der Waals surface area contributed by atoms with Crippen LogP contribution in [-0.2, 0) is 6.42 Å². The molecular weight excluding hydrogens is 263 g/mol. The molecular formula is C18H29FN2. The number of nitrogens with two attached hydrogens (primary N) is 1. The molecule has 118 valence electrons. The first-order valence-corrected chi connectivity index (χ1v) is 8.17. The Labute approximate surface area is 128 Å². The third kappa shape index (κ3) is 5.40. The maximum absolute atomic E-state index is 12.9. The van der Waals surface area contributed by atoms with Gasteiger partial charge in [0.25, 0.3) is 0 Å². The topological polar surface area (TPSA) is 38.0 Å². The second-order valence-electron chi connectivity index (χ2n) is 7.31. The lowest BCUT2D eigenvalue weighted by Gasteiger charge is -2.31. The first-order valence-electron chi connectivity index (χ1n) is 8.17. The van der Waals surface area contributed by atoms with Crippen LogP contribution in [0.25, 0.3) is 0 Å². The van der Waals surface area contributed by atoms with Crippen LogP contribution in [0, 0.1) is 17.2 Å². The minimum Gasteiger partial charge on any atom is -0.327 e. The number of hydrogen-bond acceptors (Lipinski definition) is 2. The Kier molecular flexibility index (Phi) is 5.77. The van der Waals surface area contributed by atoms with E-state index < -0.39 is 0 Å². The van der Waals surface area contributed by atoms with E-state index in [4.69, 9.17) is 5.73 Å². The van der Waals surface area contributed by atoms with E-state index >= 15 is 0 Å². The lowest BCUT2D eigenvalue weighted by Crippen LogP contribution is -2.42. The van der Waals surface area contributed by atoms with E-state index in [1.165, 1.54) is 31.2 Å². The van der Waals surface area contributed by atoms with E-state index in [-0.39, 0.29) is 11.2 Å². The molecule has 0 amide bonds. The Balaban J connectivity index is 1.76. The molecule has 0 saturated heterocycles. The smallest absolute Gasteiger partial charge is 0.123 e. The van der Waals surface area contributed by atoms with Gasteiger partial charge in [-0.25, -0.2) is 4.39 Å². The first-order chi connectivity index (χ1) is 9.96. The van der Waals surface area contributed by atoms with Crippen molar-refractivity contribution < 1.29 is 4.39 Å². The van der Waals surface area contributed by atoms with Crippen LogP contribution in [0.1, 0.15) is 45.1 Å². The van der Waals surface area contributed by atoms with Crippen molar-refractivity contribution in [2.24, 2.45) is 17.1 Å². The highest BCUT2D eigenvalue weighted by Crippen LogP contribution is 2.24. The van der Waals surface area contributed by atoms with Gasteiger partial charge in [-0.3, -0.25) is 0 Å². The molecule has 0 bridgehead atoms. The third-order valence-electron chi connectivity index (χ3n) is 4.57. The van der Waals surface area contributed by atoms with E-state index in [9.17, 15) is 4.39 Å². The molecule has 3 N–H and O–H groups in total. The van der Waals surface area contributed by atoms with Gasteiger partial charge in [0.1, 0.15) is 5.82 Å². The average Bonchev–Trinajstić information content (AvgIpc) is 2.43. The maximum Gasteiger partial charge on any atom is 0.123 e. The van der Waals surface area contributed by atoms with E-state index in [0.717, 1.165) is 19.5 Å². The molecule has 2 nitrogen and oxygen atoms in total. The Morgan fingerprint density at radius 1 is 1.19 bits per heavy atom. The predicted octanol–water partition coefficient (Wildman–Crippen LogP) is 3.50. The summed E-state index contributed by atoms with van der Waals surface area (Å²) in [6.07, 6.45) is 5.99. The highest BCUT2D eigenvalue weighted by atomic mass is 19.1. The van der Waals surface area contributed by atoms with Crippen LogP contribution in [0.3, 0.4) is 0 Å². The van der Waals surface area contributed by atoms with Gasteiger partial charge in [-0.05, 0) is 54.8 Å². The molecule has 0 radical (unpaired) electrons. The zero-order valence-corrected chi connectivity index (χ0v) is 13.4. The summed E-state index contributed by atoms with van der Waals surface area (Å²) in [5.41, 5.74) is 7.55. The normalized spacial score (nSPS) is 23.2. The molecule has 3 heteroatoms. The quantitative estimate of drug-likeness (QED) is 0.842. The molecule has 1 aliphatic rings. The molecule has 2 unspecified atom stereocenters. The van der Waals surface area contributed by atoms with Crippen LogP contribution in [0.15, 0.2) is 24.3 Å². The summed E-state index contributed by atoms with van der Waals surface area (Å²) in [6, 6.07) is 7.22. The second kappa shape index (κ2) is 7.37. The molecule has 2 atom stereocenters. The minimum atomic E-state index is -0.166. The number of nitrogens with one attached hydrogen (secondary N) is 1. The predicted molar refractivity (Wildman–Crippen MR) is 86.7 cm³/mol. The summed E-state index contributed by atoms with van der Waals surface area (Å²) >= 11 is 0. The monoisotopic (exact) mass is 292 g/mol. The van der Waals surface area contributed by atoms with Gasteiger partial charge in [0.05, 0.1) is 0 Å². The maximum atomic E-state index is 12.9. The van der Waals surface area contributed by atoms with Crippen molar-refractivity contribution in [2.45, 2.75) is 52.0 Å². The van der Waals surface area contributed by atoms with Gasteiger partial charge >= 0.3 is 0 Å². The molecule has 1 aliphatic carbocycles. The Morgan fingerprint density at radius 2 is 1.86 bits per heavy atom. The van der Waals surface area contributed by atoms with Crippen molar-refractivity contribution in [1.29, 1.82) is 0 Å². The fourth-order valence-electron chi connectivity index (χ4n) is 3.30. The van der Waals surface area contributed by atoms with Crippen molar-refractivity contribution >= 4 is 0 Å². The second-order valence-corrected chi connectivity index (χ2v) is 7.31. The van der Waals surface area contributed by atoms with Gasteiger partial charge in [0, 0.05) is 12.6 Å². The Morgan fingerprint density at radius 3 is 2.52 bits per heavy atom. The zero-order chi connectivity index (χ0) is 15.3. The summed E-state index contributed by atoms with van der Waals surface area (Å²) in [6.45, 7) is 6.50. The number of halogens is 1. The van der Waals surface area contributed by atoms with Crippen LogP contribution >= 0.6 is 0 Å². The molecule has 2 rings (SSSR count). The highest BCUT2D eigenvalue weighted by molar-refractivity contribution is 5.17. The van der Waals surface area contributed by atoms with Crippen LogP contribution in [0.4, 0.5) is 4.39 Å². The zero-order valence-electron chi connectivity index (χ0n) is 13.4. The minimum absolute atomic E-state index is 0.163. The molecule has 21 heavy (non-hydrogen) atoms. The van der Waals surface area contributed by atoms with Crippen LogP contribution in [0.5, 0.6) is 0 Å². The van der Waals surface area contributed by atoms with Crippen molar-refractivity contribution in [3.05, 3.63) is 35.6 Å². The largest absolute Gasteiger partial charge is 0.327 e. The van der Waals surface area contributed by atoms with Gasteiger partial charge in [-0.2, -0.15) is 0 Å². The van der Waals surface area contributed by atoms with Crippen molar-refractivity contribution in [3.63, 3.8) is 0 Å². The molecule has 0 heterocycles. The molecule has 1 fully saturated rings. The van der Waals surface area contributed by atoms with E-state index in [0.29, 0.717) is 12.0 Å². The molecule has 0 spiro atoms. The summed E-state index contributed by atoms with van der Waals surface area (Å²) in [4.78, 5) is 0. The molecule has 1 aromatic carbocycles. The van der Waals surface area contributed by atoms with E-state index in [1.54, 1.807) is 12.1 Å². The van der Waals surface area contributed by atoms with Crippen LogP contribution in [0.2, 0.25) is 0 Å². The fourth-order valence-corrected chi connectivity index (χ4v) is 3.30. The highest BCUT2D eigenvalue weighted by Gasteiger charge is 2.23. The fraction of sp³-hybridized carbons (Fsp3) is 0.667. The number of benzene rings is 1. The average molecular weight is 292 g/mol. The van der Waals surface area contributed by atoms with Gasteiger partial charge in [0.2, 0.25) is 0 Å². The van der Waals surface area contributed by atoms with Gasteiger partial charge in [-0.1, -0.05) is 38.8 Å². The van der Waals surface area contributed by atoms with E-state index in [2.05, 4.69) is 19.2 Å². The SMILES string of the molecule is CC(C)(CNCC1CCCCC1N)Cc1ccc(F)cc1. The summed E-state index contributed by atoms with van der Waals surface area (Å²) < 4.78 is 12.9. The van der Waals surface area contributed by atoms with Crippen molar-refractivity contribution in [3.8, 4) is 0 Å². The van der Waals surface area contributed by atoms with E-state index in [1.807, 2.05) is 12.1 Å². The van der Waals surface area contributed by atoms with Crippen molar-refractivity contribution in [2.75, 3.05) is 13.1 Å². The van der Waals surface area contributed by atoms with Gasteiger partial charge < -0.3 is 11.1 Å². The summed E-state index contributed by atoms with van der Waals surface area (Å²) in [5.74, 6) is 0.460. The van der Waals surface area contributed by atoms with Crippen molar-refractivity contribution in [1.82, 2.24) is 5.32 Å². The van der Waals surface area contributed by atoms with Crippen LogP contribution < -0.4 is 11.1 Å². The standard InChI is InChI=1S/C18H29FN2/c1-18(2,11-14-7-9-16(19)10-8-14)13-21-12-15-5-3-4-6-17(15)20/h7-10,15,17,21H,3-6,11-13,20H2,1-2H3. The number of rotatable bonds is 6. The molecule has 0 aromatic heterocycles. The lowest BCUT2D eigenvalue weighted by molar-refractivity contribution is 0.270. The number of hydrogen-bond donors (Lipinski definition) is 2. The van der Waals surface area contributed by atoms with Crippen LogP contribution in [-0.4, -0.2) is 19.1 Å². The summed E-state index contributed by atoms with van der Waals surface area (Å²) in [5, 5.41) is 3.60. The Bertz CT molecular complexity index is 427.